The zero-order valence-corrected chi connectivity index (χ0v) is 16.3. The van der Waals surface area contributed by atoms with Gasteiger partial charge in [-0.05, 0) is 44.5 Å². The first-order valence-corrected chi connectivity index (χ1v) is 9.68. The molecule has 0 spiro atoms. The molecule has 0 bridgehead atoms. The summed E-state index contributed by atoms with van der Waals surface area (Å²) < 4.78 is 2.81. The zero-order chi connectivity index (χ0) is 19.0. The predicted octanol–water partition coefficient (Wildman–Crippen LogP) is 5.11. The molecular weight excluding hydrogens is 356 g/mol. The van der Waals surface area contributed by atoms with E-state index < -0.39 is 0 Å². The van der Waals surface area contributed by atoms with Crippen molar-refractivity contribution < 1.29 is 4.79 Å². The van der Waals surface area contributed by atoms with E-state index in [0.717, 1.165) is 33.6 Å². The zero-order valence-electron chi connectivity index (χ0n) is 15.5. The number of nitrogens with zero attached hydrogens (tertiary/aromatic N) is 4. The molecule has 2 aromatic carbocycles. The van der Waals surface area contributed by atoms with Crippen LogP contribution in [-0.2, 0) is 6.54 Å². The Balaban J connectivity index is 1.87. The van der Waals surface area contributed by atoms with E-state index in [-0.39, 0.29) is 5.91 Å². The summed E-state index contributed by atoms with van der Waals surface area (Å²) in [5.74, 6) is -0.124. The van der Waals surface area contributed by atoms with Gasteiger partial charge in [0.1, 0.15) is 0 Å². The topological polar surface area (TPSA) is 51.0 Å². The number of carbonyl (C=O) groups is 1. The largest absolute Gasteiger partial charge is 0.272 e. The monoisotopic (exact) mass is 376 g/mol. The standard InChI is InChI=1S/C21H20N4OS/c1-4-24-13-16(12-22-24)20(26)25(18-10-9-14(2)11-15(18)3)21-23-17-7-5-6-8-19(17)27-21/h5-13H,4H2,1-3H3. The molecule has 6 heteroatoms. The summed E-state index contributed by atoms with van der Waals surface area (Å²) in [6.07, 6.45) is 3.40. The van der Waals surface area contributed by atoms with Gasteiger partial charge in [-0.2, -0.15) is 5.10 Å². The van der Waals surface area contributed by atoms with Crippen LogP contribution in [-0.4, -0.2) is 20.7 Å². The van der Waals surface area contributed by atoms with Crippen LogP contribution >= 0.6 is 11.3 Å². The Morgan fingerprint density at radius 3 is 2.70 bits per heavy atom. The number of benzene rings is 2. The summed E-state index contributed by atoms with van der Waals surface area (Å²) in [6.45, 7) is 6.78. The molecule has 0 saturated carbocycles. The fourth-order valence-electron chi connectivity index (χ4n) is 3.09. The molecule has 4 aromatic rings. The number of aryl methyl sites for hydroxylation is 3. The van der Waals surface area contributed by atoms with Gasteiger partial charge in [-0.25, -0.2) is 4.98 Å². The molecule has 136 valence electrons. The highest BCUT2D eigenvalue weighted by atomic mass is 32.1. The highest BCUT2D eigenvalue weighted by Crippen LogP contribution is 2.36. The van der Waals surface area contributed by atoms with E-state index in [1.54, 1.807) is 22.0 Å². The molecule has 0 fully saturated rings. The average Bonchev–Trinajstić information content (AvgIpc) is 3.30. The van der Waals surface area contributed by atoms with E-state index in [4.69, 9.17) is 4.98 Å². The average molecular weight is 376 g/mol. The molecule has 4 rings (SSSR count). The second-order valence-electron chi connectivity index (χ2n) is 6.48. The second kappa shape index (κ2) is 6.96. The van der Waals surface area contributed by atoms with Gasteiger partial charge in [0.15, 0.2) is 5.13 Å². The minimum Gasteiger partial charge on any atom is -0.272 e. The van der Waals surface area contributed by atoms with E-state index in [1.165, 1.54) is 11.3 Å². The predicted molar refractivity (Wildman–Crippen MR) is 110 cm³/mol. The number of para-hydroxylation sites is 1. The Hall–Kier alpha value is -2.99. The first-order valence-electron chi connectivity index (χ1n) is 8.86. The molecular formula is C21H20N4OS. The summed E-state index contributed by atoms with van der Waals surface area (Å²) in [4.78, 5) is 19.9. The third kappa shape index (κ3) is 3.24. The van der Waals surface area contributed by atoms with E-state index >= 15 is 0 Å². The van der Waals surface area contributed by atoms with E-state index in [1.807, 2.05) is 57.2 Å². The number of fused-ring (bicyclic) bond motifs is 1. The number of thiazole rings is 1. The molecule has 27 heavy (non-hydrogen) atoms. The molecule has 0 unspecified atom stereocenters. The Kier molecular flexibility index (Phi) is 4.49. The van der Waals surface area contributed by atoms with Crippen LogP contribution in [0.2, 0.25) is 0 Å². The first kappa shape index (κ1) is 17.4. The molecule has 0 aliphatic rings. The molecule has 0 atom stereocenters. The van der Waals surface area contributed by atoms with Gasteiger partial charge in [0.25, 0.3) is 5.91 Å². The third-order valence-electron chi connectivity index (χ3n) is 4.47. The molecule has 0 saturated heterocycles. The van der Waals surface area contributed by atoms with Gasteiger partial charge < -0.3 is 0 Å². The number of hydrogen-bond acceptors (Lipinski definition) is 4. The first-order chi connectivity index (χ1) is 13.1. The van der Waals surface area contributed by atoms with Crippen LogP contribution < -0.4 is 4.90 Å². The molecule has 2 aromatic heterocycles. The third-order valence-corrected chi connectivity index (χ3v) is 5.50. The Morgan fingerprint density at radius 1 is 1.19 bits per heavy atom. The minimum absolute atomic E-state index is 0.124. The van der Waals surface area contributed by atoms with Gasteiger partial charge in [0, 0.05) is 12.7 Å². The molecule has 0 aliphatic carbocycles. The van der Waals surface area contributed by atoms with Crippen LogP contribution in [0.15, 0.2) is 54.9 Å². The van der Waals surface area contributed by atoms with Crippen LogP contribution in [0.4, 0.5) is 10.8 Å². The Labute approximate surface area is 161 Å². The summed E-state index contributed by atoms with van der Waals surface area (Å²) in [7, 11) is 0. The van der Waals surface area contributed by atoms with Gasteiger partial charge in [0.05, 0.1) is 27.7 Å². The fourth-order valence-corrected chi connectivity index (χ4v) is 4.07. The Bertz CT molecular complexity index is 1100. The number of aromatic nitrogens is 3. The summed E-state index contributed by atoms with van der Waals surface area (Å²) in [5, 5.41) is 4.92. The molecule has 2 heterocycles. The van der Waals surface area contributed by atoms with Gasteiger partial charge >= 0.3 is 0 Å². The fraction of sp³-hybridized carbons (Fsp3) is 0.190. The van der Waals surface area contributed by atoms with E-state index in [0.29, 0.717) is 10.7 Å². The van der Waals surface area contributed by atoms with Crippen LogP contribution in [0.5, 0.6) is 0 Å². The summed E-state index contributed by atoms with van der Waals surface area (Å²) in [6, 6.07) is 14.0. The number of carbonyl (C=O) groups excluding carboxylic acids is 1. The lowest BCUT2D eigenvalue weighted by atomic mass is 10.1. The molecule has 1 amide bonds. The molecule has 5 nitrogen and oxygen atoms in total. The quantitative estimate of drug-likeness (QED) is 0.497. The lowest BCUT2D eigenvalue weighted by molar-refractivity contribution is 0.0999. The lowest BCUT2D eigenvalue weighted by Gasteiger charge is -2.21. The van der Waals surface area contributed by atoms with Crippen LogP contribution in [0.25, 0.3) is 10.2 Å². The van der Waals surface area contributed by atoms with Crippen LogP contribution in [0.3, 0.4) is 0 Å². The van der Waals surface area contributed by atoms with Crippen molar-refractivity contribution >= 4 is 38.3 Å². The smallest absolute Gasteiger partial charge is 0.267 e. The number of rotatable bonds is 4. The maximum absolute atomic E-state index is 13.4. The van der Waals surface area contributed by atoms with Crippen LogP contribution in [0.1, 0.15) is 28.4 Å². The molecule has 0 radical (unpaired) electrons. The van der Waals surface area contributed by atoms with E-state index in [2.05, 4.69) is 11.2 Å². The molecule has 0 aliphatic heterocycles. The van der Waals surface area contributed by atoms with Crippen molar-refractivity contribution in [1.82, 2.24) is 14.8 Å². The highest BCUT2D eigenvalue weighted by Gasteiger charge is 2.25. The van der Waals surface area contributed by atoms with Crippen molar-refractivity contribution in [2.75, 3.05) is 4.90 Å². The summed E-state index contributed by atoms with van der Waals surface area (Å²) >= 11 is 1.52. The maximum atomic E-state index is 13.4. The second-order valence-corrected chi connectivity index (χ2v) is 7.49. The number of hydrogen-bond donors (Lipinski definition) is 0. The normalized spacial score (nSPS) is 11.1. The van der Waals surface area contributed by atoms with Crippen molar-refractivity contribution in [2.24, 2.45) is 0 Å². The lowest BCUT2D eigenvalue weighted by Crippen LogP contribution is -2.26. The van der Waals surface area contributed by atoms with Crippen LogP contribution in [0, 0.1) is 13.8 Å². The van der Waals surface area contributed by atoms with Crippen molar-refractivity contribution in [3.8, 4) is 0 Å². The van der Waals surface area contributed by atoms with Gasteiger partial charge in [-0.1, -0.05) is 41.2 Å². The van der Waals surface area contributed by atoms with Crippen molar-refractivity contribution in [3.63, 3.8) is 0 Å². The van der Waals surface area contributed by atoms with Crippen molar-refractivity contribution in [1.29, 1.82) is 0 Å². The molecule has 0 N–H and O–H groups in total. The SMILES string of the molecule is CCn1cc(C(=O)N(c2nc3ccccc3s2)c2ccc(C)cc2C)cn1. The van der Waals surface area contributed by atoms with Crippen molar-refractivity contribution in [2.45, 2.75) is 27.3 Å². The summed E-state index contributed by atoms with van der Waals surface area (Å²) in [5.41, 5.74) is 4.48. The number of anilines is 2. The maximum Gasteiger partial charge on any atom is 0.267 e. The van der Waals surface area contributed by atoms with Gasteiger partial charge in [0.2, 0.25) is 0 Å². The van der Waals surface area contributed by atoms with Gasteiger partial charge in [-0.3, -0.25) is 14.4 Å². The highest BCUT2D eigenvalue weighted by molar-refractivity contribution is 7.22. The van der Waals surface area contributed by atoms with E-state index in [9.17, 15) is 4.79 Å². The number of amides is 1. The van der Waals surface area contributed by atoms with Crippen molar-refractivity contribution in [3.05, 3.63) is 71.5 Å². The minimum atomic E-state index is -0.124. The Morgan fingerprint density at radius 2 is 2.00 bits per heavy atom. The van der Waals surface area contributed by atoms with Gasteiger partial charge in [-0.15, -0.1) is 0 Å².